The number of hydrogen-bond acceptors (Lipinski definition) is 4. The molecule has 1 aromatic heterocycles. The fraction of sp³-hybridized carbons (Fsp3) is 0.250. The van der Waals surface area contributed by atoms with Crippen molar-refractivity contribution in [2.75, 3.05) is 43.4 Å². The van der Waals surface area contributed by atoms with Crippen molar-refractivity contribution >= 4 is 28.0 Å². The first kappa shape index (κ1) is 20.5. The highest BCUT2D eigenvalue weighted by Gasteiger charge is 2.16. The van der Waals surface area contributed by atoms with E-state index in [1.165, 1.54) is 24.2 Å². The predicted molar refractivity (Wildman–Crippen MR) is 136 cm³/mol. The average molecular weight is 423 g/mol. The van der Waals surface area contributed by atoms with Gasteiger partial charge in [-0.3, -0.25) is 4.98 Å². The molecule has 0 spiro atoms. The van der Waals surface area contributed by atoms with E-state index in [-0.39, 0.29) is 0 Å². The summed E-state index contributed by atoms with van der Waals surface area (Å²) in [5, 5.41) is 4.87. The van der Waals surface area contributed by atoms with E-state index in [0.29, 0.717) is 0 Å². The van der Waals surface area contributed by atoms with Crippen LogP contribution < -0.4 is 10.2 Å². The molecule has 0 bridgehead atoms. The van der Waals surface area contributed by atoms with Gasteiger partial charge in [-0.2, -0.15) is 0 Å². The van der Waals surface area contributed by atoms with Gasteiger partial charge in [0.15, 0.2) is 0 Å². The zero-order chi connectivity index (χ0) is 21.9. The molecule has 1 aliphatic heterocycles. The van der Waals surface area contributed by atoms with Gasteiger partial charge < -0.3 is 15.1 Å². The van der Waals surface area contributed by atoms with E-state index in [9.17, 15) is 0 Å². The fourth-order valence-corrected chi connectivity index (χ4v) is 4.63. The van der Waals surface area contributed by atoms with Gasteiger partial charge in [0.2, 0.25) is 0 Å². The molecule has 3 aromatic carbocycles. The molecule has 4 heteroatoms. The van der Waals surface area contributed by atoms with Gasteiger partial charge in [0.05, 0.1) is 11.2 Å². The second-order valence-electron chi connectivity index (χ2n) is 8.65. The van der Waals surface area contributed by atoms with Crippen LogP contribution in [0.4, 0.5) is 17.1 Å². The Bertz CT molecular complexity index is 1200. The van der Waals surface area contributed by atoms with Crippen LogP contribution >= 0.6 is 0 Å². The Labute approximate surface area is 190 Å². The molecular weight excluding hydrogens is 392 g/mol. The topological polar surface area (TPSA) is 31.4 Å². The molecule has 0 aliphatic carbocycles. The van der Waals surface area contributed by atoms with Gasteiger partial charge in [0.1, 0.15) is 0 Å². The normalized spacial score (nSPS) is 15.0. The average Bonchev–Trinajstić information content (AvgIpc) is 3.04. The Balaban J connectivity index is 1.51. The molecule has 0 saturated carbocycles. The first-order valence-electron chi connectivity index (χ1n) is 11.4. The van der Waals surface area contributed by atoms with E-state index in [0.717, 1.165) is 53.2 Å². The van der Waals surface area contributed by atoms with Gasteiger partial charge in [-0.05, 0) is 62.8 Å². The zero-order valence-corrected chi connectivity index (χ0v) is 18.9. The third kappa shape index (κ3) is 4.19. The van der Waals surface area contributed by atoms with E-state index < -0.39 is 0 Å². The molecule has 5 rings (SSSR count). The Morgan fingerprint density at radius 2 is 1.53 bits per heavy atom. The summed E-state index contributed by atoms with van der Waals surface area (Å²) in [5.41, 5.74) is 7.88. The van der Waals surface area contributed by atoms with Crippen molar-refractivity contribution in [1.82, 2.24) is 9.88 Å². The van der Waals surface area contributed by atoms with Gasteiger partial charge in [-0.25, -0.2) is 0 Å². The summed E-state index contributed by atoms with van der Waals surface area (Å²) in [6.07, 6.45) is 1.21. The summed E-state index contributed by atoms with van der Waals surface area (Å²) in [6, 6.07) is 27.8. The Morgan fingerprint density at radius 1 is 0.781 bits per heavy atom. The molecule has 32 heavy (non-hydrogen) atoms. The SMILES string of the molecule is Cc1nc2ccccc2c(Nc2ccc(N3CCCN(C)CC3)cc2)c1-c1ccccc1. The lowest BCUT2D eigenvalue weighted by molar-refractivity contribution is 0.360. The van der Waals surface area contributed by atoms with Crippen molar-refractivity contribution in [3.63, 3.8) is 0 Å². The molecule has 0 radical (unpaired) electrons. The summed E-state index contributed by atoms with van der Waals surface area (Å²) in [4.78, 5) is 9.80. The van der Waals surface area contributed by atoms with Crippen LogP contribution in [0.25, 0.3) is 22.0 Å². The van der Waals surface area contributed by atoms with E-state index in [1.54, 1.807) is 0 Å². The van der Waals surface area contributed by atoms with Crippen molar-refractivity contribution in [2.24, 2.45) is 0 Å². The summed E-state index contributed by atoms with van der Waals surface area (Å²) in [5.74, 6) is 0. The largest absolute Gasteiger partial charge is 0.370 e. The second kappa shape index (κ2) is 9.01. The minimum Gasteiger partial charge on any atom is -0.370 e. The number of aryl methyl sites for hydroxylation is 1. The number of nitrogens with one attached hydrogen (secondary N) is 1. The number of benzene rings is 3. The van der Waals surface area contributed by atoms with Crippen molar-refractivity contribution in [3.05, 3.63) is 84.6 Å². The van der Waals surface area contributed by atoms with E-state index >= 15 is 0 Å². The van der Waals surface area contributed by atoms with Crippen LogP contribution in [-0.4, -0.2) is 43.1 Å². The maximum atomic E-state index is 4.89. The summed E-state index contributed by atoms with van der Waals surface area (Å²) in [7, 11) is 2.21. The quantitative estimate of drug-likeness (QED) is 0.431. The monoisotopic (exact) mass is 422 g/mol. The van der Waals surface area contributed by atoms with Crippen molar-refractivity contribution in [2.45, 2.75) is 13.3 Å². The van der Waals surface area contributed by atoms with Gasteiger partial charge >= 0.3 is 0 Å². The van der Waals surface area contributed by atoms with E-state index in [4.69, 9.17) is 4.98 Å². The molecule has 1 fully saturated rings. The lowest BCUT2D eigenvalue weighted by atomic mass is 9.98. The van der Waals surface area contributed by atoms with Crippen molar-refractivity contribution in [3.8, 4) is 11.1 Å². The maximum absolute atomic E-state index is 4.89. The highest BCUT2D eigenvalue weighted by atomic mass is 15.2. The molecule has 1 saturated heterocycles. The van der Waals surface area contributed by atoms with Gasteiger partial charge in [-0.15, -0.1) is 0 Å². The van der Waals surface area contributed by atoms with Crippen LogP contribution in [0.1, 0.15) is 12.1 Å². The van der Waals surface area contributed by atoms with Crippen LogP contribution in [0.5, 0.6) is 0 Å². The predicted octanol–water partition coefficient (Wildman–Crippen LogP) is 6.10. The number of pyridine rings is 1. The van der Waals surface area contributed by atoms with Crippen LogP contribution in [0.15, 0.2) is 78.9 Å². The molecule has 4 aromatic rings. The molecule has 0 amide bonds. The summed E-state index contributed by atoms with van der Waals surface area (Å²) < 4.78 is 0. The third-order valence-corrected chi connectivity index (χ3v) is 6.36. The smallest absolute Gasteiger partial charge is 0.0726 e. The lowest BCUT2D eigenvalue weighted by Gasteiger charge is -2.23. The minimum atomic E-state index is 1.01. The molecule has 1 N–H and O–H groups in total. The highest BCUT2D eigenvalue weighted by molar-refractivity contribution is 6.02. The Morgan fingerprint density at radius 3 is 2.34 bits per heavy atom. The van der Waals surface area contributed by atoms with Crippen LogP contribution in [0.3, 0.4) is 0 Å². The number of hydrogen-bond donors (Lipinski definition) is 1. The third-order valence-electron chi connectivity index (χ3n) is 6.36. The Hall–Kier alpha value is -3.37. The summed E-state index contributed by atoms with van der Waals surface area (Å²) in [6.45, 7) is 6.58. The molecule has 0 unspecified atom stereocenters. The first-order chi connectivity index (χ1) is 15.7. The fourth-order valence-electron chi connectivity index (χ4n) is 4.63. The summed E-state index contributed by atoms with van der Waals surface area (Å²) >= 11 is 0. The van der Waals surface area contributed by atoms with Crippen LogP contribution in [-0.2, 0) is 0 Å². The first-order valence-corrected chi connectivity index (χ1v) is 11.4. The molecule has 162 valence electrons. The van der Waals surface area contributed by atoms with Crippen LogP contribution in [0, 0.1) is 6.92 Å². The number of para-hydroxylation sites is 1. The van der Waals surface area contributed by atoms with Gasteiger partial charge in [0, 0.05) is 47.7 Å². The number of likely N-dealkylation sites (N-methyl/N-ethyl adjacent to an activating group) is 1. The van der Waals surface area contributed by atoms with Crippen molar-refractivity contribution < 1.29 is 0 Å². The van der Waals surface area contributed by atoms with E-state index in [2.05, 4.69) is 102 Å². The molecule has 1 aliphatic rings. The molecular formula is C28H30N4. The molecule has 2 heterocycles. The number of aromatic nitrogens is 1. The van der Waals surface area contributed by atoms with Gasteiger partial charge in [0.25, 0.3) is 0 Å². The second-order valence-corrected chi connectivity index (χ2v) is 8.65. The number of fused-ring (bicyclic) bond motifs is 1. The van der Waals surface area contributed by atoms with E-state index in [1.807, 2.05) is 6.07 Å². The molecule has 0 atom stereocenters. The Kier molecular flexibility index (Phi) is 5.78. The highest BCUT2D eigenvalue weighted by Crippen LogP contribution is 2.38. The lowest BCUT2D eigenvalue weighted by Crippen LogP contribution is -2.28. The molecule has 4 nitrogen and oxygen atoms in total. The standard InChI is InChI=1S/C28H30N4/c1-21-27(22-9-4-3-5-10-22)28(25-11-6-7-12-26(25)29-21)30-23-13-15-24(16-14-23)32-18-8-17-31(2)19-20-32/h3-7,9-16H,8,17-20H2,1-2H3,(H,29,30). The number of rotatable bonds is 4. The van der Waals surface area contributed by atoms with Crippen molar-refractivity contribution in [1.29, 1.82) is 0 Å². The maximum Gasteiger partial charge on any atom is 0.0726 e. The zero-order valence-electron chi connectivity index (χ0n) is 18.9. The number of anilines is 3. The number of nitrogens with zero attached hydrogens (tertiary/aromatic N) is 3. The van der Waals surface area contributed by atoms with Gasteiger partial charge in [-0.1, -0.05) is 48.5 Å². The minimum absolute atomic E-state index is 1.01. The van der Waals surface area contributed by atoms with Crippen LogP contribution in [0.2, 0.25) is 0 Å².